The molecule has 7 nitrogen and oxygen atoms in total. The van der Waals surface area contributed by atoms with E-state index in [4.69, 9.17) is 18.9 Å². The molecular weight excluding hydrogens is 408 g/mol. The molecule has 0 aliphatic carbocycles. The molecule has 0 aromatic heterocycles. The third-order valence-electron chi connectivity index (χ3n) is 5.96. The molecule has 0 spiro atoms. The second kappa shape index (κ2) is 11.6. The number of rotatable bonds is 9. The van der Waals surface area contributed by atoms with Crippen molar-refractivity contribution in [3.63, 3.8) is 0 Å². The number of likely N-dealkylation sites (tertiary alicyclic amines) is 1. The highest BCUT2D eigenvalue weighted by atomic mass is 16.5. The van der Waals surface area contributed by atoms with Gasteiger partial charge in [0.25, 0.3) is 5.91 Å². The van der Waals surface area contributed by atoms with Crippen molar-refractivity contribution in [1.82, 2.24) is 10.2 Å². The summed E-state index contributed by atoms with van der Waals surface area (Å²) in [7, 11) is 6.29. The smallest absolute Gasteiger partial charge is 0.251 e. The highest BCUT2D eigenvalue weighted by Crippen LogP contribution is 2.38. The number of nitrogens with zero attached hydrogens (tertiary/aromatic N) is 1. The van der Waals surface area contributed by atoms with Crippen LogP contribution in [0.4, 0.5) is 0 Å². The number of carbonyl (C=O) groups is 1. The highest BCUT2D eigenvalue weighted by molar-refractivity contribution is 5.95. The SMILES string of the molecule is COc1ccc(C(CNC(=O)c2cc(OC)c(OC)c(OC)c2)N2CCCCCC2)cc1. The molecule has 1 aliphatic heterocycles. The first-order valence-corrected chi connectivity index (χ1v) is 11.1. The lowest BCUT2D eigenvalue weighted by Crippen LogP contribution is -2.38. The van der Waals surface area contributed by atoms with Crippen molar-refractivity contribution in [3.05, 3.63) is 47.5 Å². The molecule has 1 aliphatic rings. The fraction of sp³-hybridized carbons (Fsp3) is 0.480. The summed E-state index contributed by atoms with van der Waals surface area (Å²) in [6.45, 7) is 2.55. The van der Waals surface area contributed by atoms with E-state index >= 15 is 0 Å². The van der Waals surface area contributed by atoms with Gasteiger partial charge in [-0.3, -0.25) is 9.69 Å². The van der Waals surface area contributed by atoms with E-state index in [1.54, 1.807) is 26.4 Å². The van der Waals surface area contributed by atoms with Crippen LogP contribution in [0.1, 0.15) is 47.6 Å². The first kappa shape index (κ1) is 23.7. The summed E-state index contributed by atoms with van der Waals surface area (Å²) < 4.78 is 21.5. The molecule has 1 fully saturated rings. The van der Waals surface area contributed by atoms with Crippen LogP contribution in [0.3, 0.4) is 0 Å². The van der Waals surface area contributed by atoms with Gasteiger partial charge in [0.05, 0.1) is 34.5 Å². The van der Waals surface area contributed by atoms with Gasteiger partial charge in [-0.25, -0.2) is 0 Å². The van der Waals surface area contributed by atoms with Crippen molar-refractivity contribution in [3.8, 4) is 23.0 Å². The Balaban J connectivity index is 1.81. The first-order valence-electron chi connectivity index (χ1n) is 11.1. The molecule has 1 saturated heterocycles. The Hall–Kier alpha value is -2.93. The minimum Gasteiger partial charge on any atom is -0.497 e. The van der Waals surface area contributed by atoms with Crippen LogP contribution in [-0.2, 0) is 0 Å². The maximum Gasteiger partial charge on any atom is 0.251 e. The summed E-state index contributed by atoms with van der Waals surface area (Å²) >= 11 is 0. The Morgan fingerprint density at radius 2 is 1.47 bits per heavy atom. The largest absolute Gasteiger partial charge is 0.497 e. The monoisotopic (exact) mass is 442 g/mol. The van der Waals surface area contributed by atoms with Crippen LogP contribution in [0.15, 0.2) is 36.4 Å². The molecule has 1 heterocycles. The number of ether oxygens (including phenoxy) is 4. The molecule has 1 N–H and O–H groups in total. The summed E-state index contributed by atoms with van der Waals surface area (Å²) in [5.74, 6) is 2.02. The molecule has 1 amide bonds. The molecule has 7 heteroatoms. The number of hydrogen-bond donors (Lipinski definition) is 1. The van der Waals surface area contributed by atoms with Gasteiger partial charge in [-0.05, 0) is 55.8 Å². The van der Waals surface area contributed by atoms with Crippen LogP contribution in [0.2, 0.25) is 0 Å². The normalized spacial score (nSPS) is 15.4. The second-order valence-corrected chi connectivity index (χ2v) is 7.86. The number of hydrogen-bond acceptors (Lipinski definition) is 6. The van der Waals surface area contributed by atoms with Gasteiger partial charge < -0.3 is 24.3 Å². The second-order valence-electron chi connectivity index (χ2n) is 7.86. The zero-order valence-corrected chi connectivity index (χ0v) is 19.5. The van der Waals surface area contributed by atoms with E-state index < -0.39 is 0 Å². The predicted molar refractivity (Wildman–Crippen MR) is 124 cm³/mol. The Bertz CT molecular complexity index is 851. The molecule has 3 rings (SSSR count). The molecular formula is C25H34N2O5. The molecule has 2 aromatic carbocycles. The Labute approximate surface area is 190 Å². The lowest BCUT2D eigenvalue weighted by molar-refractivity contribution is 0.0932. The number of benzene rings is 2. The van der Waals surface area contributed by atoms with E-state index in [1.165, 1.54) is 39.9 Å². The fourth-order valence-electron chi connectivity index (χ4n) is 4.19. The lowest BCUT2D eigenvalue weighted by atomic mass is 10.0. The first-order chi connectivity index (χ1) is 15.6. The molecule has 0 bridgehead atoms. The third kappa shape index (κ3) is 5.65. The van der Waals surface area contributed by atoms with Gasteiger partial charge in [-0.1, -0.05) is 25.0 Å². The number of amides is 1. The van der Waals surface area contributed by atoms with Gasteiger partial charge in [-0.15, -0.1) is 0 Å². The molecule has 174 valence electrons. The summed E-state index contributed by atoms with van der Waals surface area (Å²) in [5.41, 5.74) is 1.63. The summed E-state index contributed by atoms with van der Waals surface area (Å²) in [6.07, 6.45) is 4.86. The number of nitrogens with one attached hydrogen (secondary N) is 1. The zero-order chi connectivity index (χ0) is 22.9. The molecule has 2 aromatic rings. The Morgan fingerprint density at radius 3 is 1.97 bits per heavy atom. The highest BCUT2D eigenvalue weighted by Gasteiger charge is 2.23. The maximum absolute atomic E-state index is 13.1. The van der Waals surface area contributed by atoms with Crippen LogP contribution in [-0.4, -0.2) is 58.9 Å². The molecule has 0 saturated carbocycles. The van der Waals surface area contributed by atoms with Crippen molar-refractivity contribution in [2.45, 2.75) is 31.7 Å². The van der Waals surface area contributed by atoms with Gasteiger partial charge in [0.2, 0.25) is 5.75 Å². The number of methoxy groups -OCH3 is 4. The average Bonchev–Trinajstić information content (AvgIpc) is 3.13. The Morgan fingerprint density at radius 1 is 0.875 bits per heavy atom. The van der Waals surface area contributed by atoms with Crippen LogP contribution >= 0.6 is 0 Å². The van der Waals surface area contributed by atoms with Crippen molar-refractivity contribution in [2.75, 3.05) is 48.1 Å². The van der Waals surface area contributed by atoms with E-state index in [0.29, 0.717) is 29.4 Å². The van der Waals surface area contributed by atoms with E-state index in [-0.39, 0.29) is 11.9 Å². The maximum atomic E-state index is 13.1. The minimum atomic E-state index is -0.183. The van der Waals surface area contributed by atoms with E-state index in [2.05, 4.69) is 22.3 Å². The van der Waals surface area contributed by atoms with Gasteiger partial charge in [0.1, 0.15) is 5.75 Å². The van der Waals surface area contributed by atoms with Crippen molar-refractivity contribution < 1.29 is 23.7 Å². The standard InChI is InChI=1S/C25H34N2O5/c1-29-20-11-9-18(10-12-20)21(27-13-7-5-6-8-14-27)17-26-25(28)19-15-22(30-2)24(32-4)23(16-19)31-3/h9-12,15-16,21H,5-8,13-14,17H2,1-4H3,(H,26,28). The molecule has 1 unspecified atom stereocenters. The van der Waals surface area contributed by atoms with E-state index in [1.807, 2.05) is 12.1 Å². The molecule has 32 heavy (non-hydrogen) atoms. The quantitative estimate of drug-likeness (QED) is 0.631. The zero-order valence-electron chi connectivity index (χ0n) is 19.5. The van der Waals surface area contributed by atoms with Gasteiger partial charge in [-0.2, -0.15) is 0 Å². The van der Waals surface area contributed by atoms with Crippen LogP contribution in [0.5, 0.6) is 23.0 Å². The number of carbonyl (C=O) groups excluding carboxylic acids is 1. The Kier molecular flexibility index (Phi) is 8.62. The van der Waals surface area contributed by atoms with Crippen LogP contribution < -0.4 is 24.3 Å². The van der Waals surface area contributed by atoms with Gasteiger partial charge in [0.15, 0.2) is 11.5 Å². The van der Waals surface area contributed by atoms with Crippen molar-refractivity contribution in [1.29, 1.82) is 0 Å². The van der Waals surface area contributed by atoms with Gasteiger partial charge >= 0.3 is 0 Å². The predicted octanol–water partition coefficient (Wildman–Crippen LogP) is 4.07. The fourth-order valence-corrected chi connectivity index (χ4v) is 4.19. The molecule has 0 radical (unpaired) electrons. The van der Waals surface area contributed by atoms with Crippen molar-refractivity contribution >= 4 is 5.91 Å². The minimum absolute atomic E-state index is 0.0880. The lowest BCUT2D eigenvalue weighted by Gasteiger charge is -2.31. The van der Waals surface area contributed by atoms with E-state index in [0.717, 1.165) is 24.4 Å². The summed E-state index contributed by atoms with van der Waals surface area (Å²) in [6, 6.07) is 11.5. The average molecular weight is 443 g/mol. The molecule has 1 atom stereocenters. The summed E-state index contributed by atoms with van der Waals surface area (Å²) in [4.78, 5) is 15.5. The van der Waals surface area contributed by atoms with Crippen LogP contribution in [0, 0.1) is 0 Å². The van der Waals surface area contributed by atoms with E-state index in [9.17, 15) is 4.79 Å². The third-order valence-corrected chi connectivity index (χ3v) is 5.96. The van der Waals surface area contributed by atoms with Gasteiger partial charge in [0, 0.05) is 12.1 Å². The van der Waals surface area contributed by atoms with Crippen LogP contribution in [0.25, 0.3) is 0 Å². The topological polar surface area (TPSA) is 69.3 Å². The van der Waals surface area contributed by atoms with Crippen molar-refractivity contribution in [2.24, 2.45) is 0 Å². The summed E-state index contributed by atoms with van der Waals surface area (Å²) in [5, 5.41) is 3.12.